The Morgan fingerprint density at radius 3 is 2.25 bits per heavy atom. The maximum atomic E-state index is 6.27. The number of thiophene rings is 1. The van der Waals surface area contributed by atoms with Crippen molar-refractivity contribution in [2.75, 3.05) is 0 Å². The quantitative estimate of drug-likeness (QED) is 0.888. The first-order valence-corrected chi connectivity index (χ1v) is 6.88. The van der Waals surface area contributed by atoms with Gasteiger partial charge in [-0.2, -0.15) is 0 Å². The van der Waals surface area contributed by atoms with Crippen molar-refractivity contribution in [1.29, 1.82) is 0 Å². The fourth-order valence-corrected chi connectivity index (χ4v) is 3.64. The van der Waals surface area contributed by atoms with Crippen molar-refractivity contribution in [3.63, 3.8) is 0 Å². The minimum atomic E-state index is -0.0673. The summed E-state index contributed by atoms with van der Waals surface area (Å²) in [4.78, 5) is 8.41. The molecule has 0 amide bonds. The average Bonchev–Trinajstić information content (AvgIpc) is 2.70. The number of nitrogens with zero attached hydrogens (tertiary/aromatic N) is 1. The fraction of sp³-hybridized carbons (Fsp3) is 0.417. The fourth-order valence-electron chi connectivity index (χ4n) is 1.72. The van der Waals surface area contributed by atoms with Gasteiger partial charge in [0.25, 0.3) is 0 Å². The molecule has 0 aromatic carbocycles. The first-order chi connectivity index (χ1) is 7.49. The summed E-state index contributed by atoms with van der Waals surface area (Å²) in [6.07, 6.45) is 0. The number of aryl methyl sites for hydroxylation is 4. The van der Waals surface area contributed by atoms with Crippen LogP contribution in [0.15, 0.2) is 6.07 Å². The Morgan fingerprint density at radius 1 is 1.12 bits per heavy atom. The van der Waals surface area contributed by atoms with Gasteiger partial charge in [-0.15, -0.1) is 22.7 Å². The molecule has 2 aromatic rings. The molecule has 0 saturated carbocycles. The van der Waals surface area contributed by atoms with Gasteiger partial charge >= 0.3 is 0 Å². The molecule has 0 fully saturated rings. The van der Waals surface area contributed by atoms with E-state index in [4.69, 9.17) is 5.73 Å². The summed E-state index contributed by atoms with van der Waals surface area (Å²) in [5.41, 5.74) is 8.58. The monoisotopic (exact) mass is 252 g/mol. The Kier molecular flexibility index (Phi) is 3.15. The average molecular weight is 252 g/mol. The number of aromatic nitrogens is 1. The Morgan fingerprint density at radius 2 is 1.81 bits per heavy atom. The van der Waals surface area contributed by atoms with Crippen LogP contribution in [0.3, 0.4) is 0 Å². The van der Waals surface area contributed by atoms with Crippen LogP contribution in [0.4, 0.5) is 0 Å². The molecule has 2 N–H and O–H groups in total. The smallest absolute Gasteiger partial charge is 0.114 e. The maximum Gasteiger partial charge on any atom is 0.114 e. The number of rotatable bonds is 2. The lowest BCUT2D eigenvalue weighted by molar-refractivity contribution is 0.849. The standard InChI is InChI=1S/C12H16N2S2/c1-6-5-10(9(4)15-6)11(13)12-14-7(2)8(3)16-12/h5,11H,13H2,1-4H3. The van der Waals surface area contributed by atoms with E-state index in [9.17, 15) is 0 Å². The minimum absolute atomic E-state index is 0.0673. The molecule has 0 aliphatic rings. The third-order valence-corrected chi connectivity index (χ3v) is 4.86. The molecular formula is C12H16N2S2. The van der Waals surface area contributed by atoms with E-state index in [0.717, 1.165) is 10.7 Å². The molecule has 1 unspecified atom stereocenters. The molecule has 2 heterocycles. The van der Waals surface area contributed by atoms with E-state index in [2.05, 4.69) is 31.8 Å². The molecule has 0 aliphatic heterocycles. The van der Waals surface area contributed by atoms with Crippen molar-refractivity contribution in [3.05, 3.63) is 37.0 Å². The van der Waals surface area contributed by atoms with Crippen LogP contribution in [0.2, 0.25) is 0 Å². The topological polar surface area (TPSA) is 38.9 Å². The zero-order valence-corrected chi connectivity index (χ0v) is 11.6. The van der Waals surface area contributed by atoms with Crippen LogP contribution in [0.25, 0.3) is 0 Å². The third kappa shape index (κ3) is 2.05. The highest BCUT2D eigenvalue weighted by atomic mass is 32.1. The Labute approximate surface area is 104 Å². The van der Waals surface area contributed by atoms with Crippen molar-refractivity contribution in [3.8, 4) is 0 Å². The van der Waals surface area contributed by atoms with Gasteiger partial charge in [-0.3, -0.25) is 0 Å². The summed E-state index contributed by atoms with van der Waals surface area (Å²) in [7, 11) is 0. The molecular weight excluding hydrogens is 236 g/mol. The van der Waals surface area contributed by atoms with Crippen LogP contribution < -0.4 is 5.73 Å². The molecule has 0 radical (unpaired) electrons. The van der Waals surface area contributed by atoms with Gasteiger partial charge in [-0.1, -0.05) is 0 Å². The lowest BCUT2D eigenvalue weighted by Gasteiger charge is -2.07. The maximum absolute atomic E-state index is 6.27. The van der Waals surface area contributed by atoms with Crippen LogP contribution in [-0.4, -0.2) is 4.98 Å². The molecule has 16 heavy (non-hydrogen) atoms. The second-order valence-corrected chi connectivity index (χ2v) is 6.74. The molecule has 2 aromatic heterocycles. The molecule has 4 heteroatoms. The SMILES string of the molecule is Cc1cc(C(N)c2nc(C)c(C)s2)c(C)s1. The second kappa shape index (κ2) is 4.28. The van der Waals surface area contributed by atoms with Crippen LogP contribution in [0.1, 0.15) is 36.9 Å². The predicted octanol–water partition coefficient (Wildman–Crippen LogP) is 3.49. The third-order valence-electron chi connectivity index (χ3n) is 2.73. The van der Waals surface area contributed by atoms with Crippen LogP contribution in [0.5, 0.6) is 0 Å². The van der Waals surface area contributed by atoms with Gasteiger partial charge in [0.05, 0.1) is 11.7 Å². The molecule has 1 atom stereocenters. The molecule has 2 rings (SSSR count). The van der Waals surface area contributed by atoms with Gasteiger partial charge < -0.3 is 5.73 Å². The largest absolute Gasteiger partial charge is 0.318 e. The van der Waals surface area contributed by atoms with Gasteiger partial charge in [0.1, 0.15) is 5.01 Å². The lowest BCUT2D eigenvalue weighted by Crippen LogP contribution is -2.11. The molecule has 0 aliphatic carbocycles. The van der Waals surface area contributed by atoms with Gasteiger partial charge in [-0.25, -0.2) is 4.98 Å². The Bertz CT molecular complexity index is 492. The van der Waals surface area contributed by atoms with E-state index >= 15 is 0 Å². The first kappa shape index (κ1) is 11.8. The highest BCUT2D eigenvalue weighted by Crippen LogP contribution is 2.31. The van der Waals surface area contributed by atoms with Crippen molar-refractivity contribution in [2.24, 2.45) is 5.73 Å². The summed E-state index contributed by atoms with van der Waals surface area (Å²) >= 11 is 3.50. The number of thiazole rings is 1. The number of hydrogen-bond acceptors (Lipinski definition) is 4. The zero-order valence-electron chi connectivity index (χ0n) is 10.00. The molecule has 0 bridgehead atoms. The Balaban J connectivity index is 2.38. The predicted molar refractivity (Wildman–Crippen MR) is 71.4 cm³/mol. The summed E-state index contributed by atoms with van der Waals surface area (Å²) in [6.45, 7) is 8.37. The molecule has 2 nitrogen and oxygen atoms in total. The van der Waals surface area contributed by atoms with Crippen molar-refractivity contribution < 1.29 is 0 Å². The first-order valence-electron chi connectivity index (χ1n) is 5.25. The molecule has 0 spiro atoms. The summed E-state index contributed by atoms with van der Waals surface area (Å²) in [5.74, 6) is 0. The highest BCUT2D eigenvalue weighted by Gasteiger charge is 2.17. The zero-order chi connectivity index (χ0) is 11.9. The van der Waals surface area contributed by atoms with Crippen LogP contribution >= 0.6 is 22.7 Å². The highest BCUT2D eigenvalue weighted by molar-refractivity contribution is 7.12. The summed E-state index contributed by atoms with van der Waals surface area (Å²) in [6, 6.07) is 2.11. The summed E-state index contributed by atoms with van der Waals surface area (Å²) < 4.78 is 0. The molecule has 86 valence electrons. The van der Waals surface area contributed by atoms with Crippen LogP contribution in [0, 0.1) is 27.7 Å². The van der Waals surface area contributed by atoms with E-state index in [1.807, 2.05) is 6.92 Å². The van der Waals surface area contributed by atoms with Crippen molar-refractivity contribution in [1.82, 2.24) is 4.98 Å². The normalized spacial score (nSPS) is 13.1. The summed E-state index contributed by atoms with van der Waals surface area (Å²) in [5, 5.41) is 1.02. The van der Waals surface area contributed by atoms with E-state index in [-0.39, 0.29) is 6.04 Å². The van der Waals surface area contributed by atoms with Crippen molar-refractivity contribution >= 4 is 22.7 Å². The second-order valence-electron chi connectivity index (χ2n) is 4.04. The van der Waals surface area contributed by atoms with Crippen LogP contribution in [-0.2, 0) is 0 Å². The number of hydrogen-bond donors (Lipinski definition) is 1. The number of nitrogens with two attached hydrogens (primary N) is 1. The minimum Gasteiger partial charge on any atom is -0.318 e. The van der Waals surface area contributed by atoms with E-state index in [0.29, 0.717) is 0 Å². The molecule has 0 saturated heterocycles. The van der Waals surface area contributed by atoms with E-state index in [1.54, 1.807) is 22.7 Å². The van der Waals surface area contributed by atoms with Gasteiger partial charge in [-0.05, 0) is 39.3 Å². The van der Waals surface area contributed by atoms with Gasteiger partial charge in [0, 0.05) is 14.6 Å². The van der Waals surface area contributed by atoms with Gasteiger partial charge in [0.15, 0.2) is 0 Å². The van der Waals surface area contributed by atoms with Gasteiger partial charge in [0.2, 0.25) is 0 Å². The van der Waals surface area contributed by atoms with E-state index < -0.39 is 0 Å². The Hall–Kier alpha value is -0.710. The lowest BCUT2D eigenvalue weighted by atomic mass is 10.1. The van der Waals surface area contributed by atoms with Crippen molar-refractivity contribution in [2.45, 2.75) is 33.7 Å². The van der Waals surface area contributed by atoms with E-state index in [1.165, 1.54) is 20.2 Å².